The number of methoxy groups -OCH3 is 1. The number of hydrogen-bond acceptors (Lipinski definition) is 5. The third-order valence-corrected chi connectivity index (χ3v) is 6.36. The first-order valence-corrected chi connectivity index (χ1v) is 11.7. The molecule has 0 bridgehead atoms. The van der Waals surface area contributed by atoms with Crippen LogP contribution < -0.4 is 19.7 Å². The maximum Gasteiger partial charge on any atom is 0.335 e. The molecule has 1 fully saturated rings. The number of imide groups is 2. The lowest BCUT2D eigenvalue weighted by Gasteiger charge is -2.27. The summed E-state index contributed by atoms with van der Waals surface area (Å²) < 4.78 is 11.3. The first kappa shape index (κ1) is 25.3. The second-order valence-electron chi connectivity index (χ2n) is 8.15. The highest BCUT2D eigenvalue weighted by Gasteiger charge is 2.37. The van der Waals surface area contributed by atoms with E-state index in [0.717, 1.165) is 16.0 Å². The summed E-state index contributed by atoms with van der Waals surface area (Å²) in [5, 5.41) is 3.18. The Bertz CT molecular complexity index is 1420. The van der Waals surface area contributed by atoms with Gasteiger partial charge in [-0.1, -0.05) is 35.3 Å². The maximum atomic E-state index is 13.3. The number of nitrogens with one attached hydrogen (secondary N) is 1. The summed E-state index contributed by atoms with van der Waals surface area (Å²) >= 11 is 12.2. The molecule has 4 amide bonds. The van der Waals surface area contributed by atoms with E-state index in [1.165, 1.54) is 13.2 Å². The van der Waals surface area contributed by atoms with Gasteiger partial charge in [0.2, 0.25) is 0 Å². The Morgan fingerprint density at radius 2 is 1.72 bits per heavy atom. The molecule has 1 aliphatic rings. The number of urea groups is 1. The van der Waals surface area contributed by atoms with Crippen LogP contribution >= 0.6 is 23.2 Å². The SMILES string of the molecule is COc1ccc(/C=C2\C(=O)NC(=O)N(c3ccc(C)c(C)c3)C2=O)c(OCc2ccc(Cl)cc2Cl)c1. The molecular formula is C27H22Cl2N2O5. The molecule has 1 saturated heterocycles. The zero-order valence-electron chi connectivity index (χ0n) is 19.7. The van der Waals surface area contributed by atoms with Gasteiger partial charge in [0.25, 0.3) is 11.8 Å². The number of benzene rings is 3. The molecule has 0 radical (unpaired) electrons. The van der Waals surface area contributed by atoms with Crippen molar-refractivity contribution in [2.75, 3.05) is 12.0 Å². The van der Waals surface area contributed by atoms with Crippen molar-refractivity contribution in [3.63, 3.8) is 0 Å². The van der Waals surface area contributed by atoms with Crippen molar-refractivity contribution in [1.29, 1.82) is 0 Å². The Kier molecular flexibility index (Phi) is 7.33. The van der Waals surface area contributed by atoms with Crippen molar-refractivity contribution in [1.82, 2.24) is 5.32 Å². The largest absolute Gasteiger partial charge is 0.497 e. The number of anilines is 1. The lowest BCUT2D eigenvalue weighted by atomic mass is 10.0. The van der Waals surface area contributed by atoms with E-state index in [-0.39, 0.29) is 12.2 Å². The number of rotatable bonds is 6. The summed E-state index contributed by atoms with van der Waals surface area (Å²) in [6.45, 7) is 3.90. The number of carbonyl (C=O) groups is 3. The molecule has 0 atom stereocenters. The van der Waals surface area contributed by atoms with Gasteiger partial charge in [0.15, 0.2) is 0 Å². The van der Waals surface area contributed by atoms with Gasteiger partial charge in [-0.3, -0.25) is 14.9 Å². The smallest absolute Gasteiger partial charge is 0.335 e. The lowest BCUT2D eigenvalue weighted by molar-refractivity contribution is -0.122. The monoisotopic (exact) mass is 524 g/mol. The fraction of sp³-hybridized carbons (Fsp3) is 0.148. The molecule has 0 unspecified atom stereocenters. The molecule has 36 heavy (non-hydrogen) atoms. The minimum atomic E-state index is -0.811. The van der Waals surface area contributed by atoms with Gasteiger partial charge in [-0.2, -0.15) is 0 Å². The van der Waals surface area contributed by atoms with Crippen LogP contribution in [0, 0.1) is 13.8 Å². The fourth-order valence-electron chi connectivity index (χ4n) is 3.59. The molecular weight excluding hydrogens is 503 g/mol. The van der Waals surface area contributed by atoms with Crippen LogP contribution in [0.15, 0.2) is 60.2 Å². The standard InChI is InChI=1S/C27H22Cl2N2O5/c1-15-4-8-20(10-16(15)2)31-26(33)22(25(32)30-27(31)34)11-17-6-9-21(35-3)13-24(17)36-14-18-5-7-19(28)12-23(18)29/h4-13H,14H2,1-3H3,(H,30,32,34)/b22-11+. The van der Waals surface area contributed by atoms with Gasteiger partial charge in [0.1, 0.15) is 23.7 Å². The van der Waals surface area contributed by atoms with E-state index < -0.39 is 17.8 Å². The van der Waals surface area contributed by atoms with Crippen LogP contribution in [0.3, 0.4) is 0 Å². The number of halogens is 2. The van der Waals surface area contributed by atoms with Crippen LogP contribution in [0.1, 0.15) is 22.3 Å². The summed E-state index contributed by atoms with van der Waals surface area (Å²) in [6, 6.07) is 14.4. The molecule has 0 saturated carbocycles. The van der Waals surface area contributed by atoms with Crippen molar-refractivity contribution in [3.8, 4) is 11.5 Å². The normalized spacial score (nSPS) is 14.8. The maximum absolute atomic E-state index is 13.3. The summed E-state index contributed by atoms with van der Waals surface area (Å²) in [5.74, 6) is -0.675. The van der Waals surface area contributed by atoms with Crippen LogP contribution in [0.25, 0.3) is 6.08 Å². The first-order valence-electron chi connectivity index (χ1n) is 10.9. The van der Waals surface area contributed by atoms with E-state index in [9.17, 15) is 14.4 Å². The zero-order chi connectivity index (χ0) is 26.0. The Morgan fingerprint density at radius 3 is 2.42 bits per heavy atom. The molecule has 1 aliphatic heterocycles. The van der Waals surface area contributed by atoms with E-state index in [1.54, 1.807) is 48.5 Å². The number of carbonyl (C=O) groups excluding carboxylic acids is 3. The molecule has 184 valence electrons. The molecule has 3 aromatic rings. The lowest BCUT2D eigenvalue weighted by Crippen LogP contribution is -2.54. The van der Waals surface area contributed by atoms with Crippen molar-refractivity contribution in [2.45, 2.75) is 20.5 Å². The molecule has 1 N–H and O–H groups in total. The van der Waals surface area contributed by atoms with Gasteiger partial charge in [-0.05, 0) is 67.4 Å². The highest BCUT2D eigenvalue weighted by molar-refractivity contribution is 6.39. The Labute approximate surface area is 218 Å². The van der Waals surface area contributed by atoms with Gasteiger partial charge in [0, 0.05) is 27.2 Å². The van der Waals surface area contributed by atoms with Gasteiger partial charge >= 0.3 is 6.03 Å². The van der Waals surface area contributed by atoms with E-state index in [1.807, 2.05) is 19.9 Å². The van der Waals surface area contributed by atoms with Crippen LogP contribution in [-0.4, -0.2) is 25.0 Å². The predicted molar refractivity (Wildman–Crippen MR) is 139 cm³/mol. The number of barbiturate groups is 1. The number of nitrogens with zero attached hydrogens (tertiary/aromatic N) is 1. The Balaban J connectivity index is 1.70. The van der Waals surface area contributed by atoms with Gasteiger partial charge in [-0.15, -0.1) is 0 Å². The third-order valence-electron chi connectivity index (χ3n) is 5.77. The summed E-state index contributed by atoms with van der Waals surface area (Å²) in [6.07, 6.45) is 1.39. The minimum Gasteiger partial charge on any atom is -0.497 e. The predicted octanol–water partition coefficient (Wildman–Crippen LogP) is 5.86. The van der Waals surface area contributed by atoms with Crippen LogP contribution in [-0.2, 0) is 16.2 Å². The topological polar surface area (TPSA) is 84.9 Å². The van der Waals surface area contributed by atoms with Crippen LogP contribution in [0.5, 0.6) is 11.5 Å². The van der Waals surface area contributed by atoms with E-state index in [0.29, 0.717) is 38.4 Å². The number of amides is 4. The molecule has 0 spiro atoms. The minimum absolute atomic E-state index is 0.104. The highest BCUT2D eigenvalue weighted by Crippen LogP contribution is 2.31. The second kappa shape index (κ2) is 10.4. The van der Waals surface area contributed by atoms with Crippen molar-refractivity contribution >= 4 is 52.8 Å². The molecule has 0 aliphatic carbocycles. The number of ether oxygens (including phenoxy) is 2. The van der Waals surface area contributed by atoms with E-state index in [2.05, 4.69) is 5.32 Å². The second-order valence-corrected chi connectivity index (χ2v) is 9.00. The summed E-state index contributed by atoms with van der Waals surface area (Å²) in [7, 11) is 1.51. The molecule has 4 rings (SSSR count). The summed E-state index contributed by atoms with van der Waals surface area (Å²) in [5.41, 5.74) is 3.20. The van der Waals surface area contributed by atoms with Crippen LogP contribution in [0.4, 0.5) is 10.5 Å². The molecule has 1 heterocycles. The third kappa shape index (κ3) is 5.22. The average Bonchev–Trinajstić information content (AvgIpc) is 2.83. The highest BCUT2D eigenvalue weighted by atomic mass is 35.5. The Morgan fingerprint density at radius 1 is 0.944 bits per heavy atom. The van der Waals surface area contributed by atoms with Crippen LogP contribution in [0.2, 0.25) is 10.0 Å². The summed E-state index contributed by atoms with van der Waals surface area (Å²) in [4.78, 5) is 39.5. The molecule has 7 nitrogen and oxygen atoms in total. The van der Waals surface area contributed by atoms with Crippen molar-refractivity contribution < 1.29 is 23.9 Å². The molecule has 9 heteroatoms. The van der Waals surface area contributed by atoms with Gasteiger partial charge in [-0.25, -0.2) is 9.69 Å². The van der Waals surface area contributed by atoms with Gasteiger partial charge < -0.3 is 9.47 Å². The van der Waals surface area contributed by atoms with Crippen molar-refractivity contribution in [2.24, 2.45) is 0 Å². The van der Waals surface area contributed by atoms with E-state index >= 15 is 0 Å². The quantitative estimate of drug-likeness (QED) is 0.322. The number of hydrogen-bond donors (Lipinski definition) is 1. The fourth-order valence-corrected chi connectivity index (χ4v) is 4.06. The zero-order valence-corrected chi connectivity index (χ0v) is 21.2. The van der Waals surface area contributed by atoms with Gasteiger partial charge in [0.05, 0.1) is 12.8 Å². The molecule has 3 aromatic carbocycles. The first-order chi connectivity index (χ1) is 17.2. The number of aryl methyl sites for hydroxylation is 2. The molecule has 0 aromatic heterocycles. The van der Waals surface area contributed by atoms with Crippen molar-refractivity contribution in [3.05, 3.63) is 92.5 Å². The van der Waals surface area contributed by atoms with E-state index in [4.69, 9.17) is 32.7 Å². The Hall–Kier alpha value is -3.81. The average molecular weight is 525 g/mol.